The van der Waals surface area contributed by atoms with Crippen LogP contribution in [0.25, 0.3) is 0 Å². The number of benzene rings is 1. The van der Waals surface area contributed by atoms with Gasteiger partial charge in [-0.15, -0.1) is 0 Å². The Kier molecular flexibility index (Phi) is 3.29. The number of halogens is 5. The highest BCUT2D eigenvalue weighted by Crippen LogP contribution is 2.36. The van der Waals surface area contributed by atoms with Crippen molar-refractivity contribution in [2.75, 3.05) is 0 Å². The molecule has 0 aliphatic carbocycles. The zero-order chi connectivity index (χ0) is 10.9. The Labute approximate surface area is 88.1 Å². The average Bonchev–Trinajstić information content (AvgIpc) is 2.06. The van der Waals surface area contributed by atoms with Crippen LogP contribution in [0, 0.1) is 0 Å². The first-order valence-electron chi connectivity index (χ1n) is 3.52. The third kappa shape index (κ3) is 2.53. The molecule has 1 aromatic carbocycles. The molecule has 0 unspecified atom stereocenters. The van der Waals surface area contributed by atoms with E-state index in [2.05, 4.69) is 0 Å². The predicted octanol–water partition coefficient (Wildman–Crippen LogP) is 3.59. The fourth-order valence-corrected chi connectivity index (χ4v) is 1.30. The first-order valence-corrected chi connectivity index (χ1v) is 4.27. The SMILES string of the molecule is O[C@H](c1cc(Cl)ccc1Cl)C(F)(F)F. The van der Waals surface area contributed by atoms with Crippen LogP contribution in [0.4, 0.5) is 13.2 Å². The quantitative estimate of drug-likeness (QED) is 0.801. The summed E-state index contributed by atoms with van der Waals surface area (Å²) in [6.45, 7) is 0. The second-order valence-electron chi connectivity index (χ2n) is 2.61. The Bertz CT molecular complexity index is 338. The molecule has 1 nitrogen and oxygen atoms in total. The predicted molar refractivity (Wildman–Crippen MR) is 47.5 cm³/mol. The molecule has 0 heterocycles. The van der Waals surface area contributed by atoms with Crippen molar-refractivity contribution < 1.29 is 18.3 Å². The van der Waals surface area contributed by atoms with Crippen molar-refractivity contribution >= 4 is 23.2 Å². The van der Waals surface area contributed by atoms with Crippen LogP contribution in [0.1, 0.15) is 11.7 Å². The van der Waals surface area contributed by atoms with Gasteiger partial charge in [0.25, 0.3) is 0 Å². The normalized spacial score (nSPS) is 14.1. The fourth-order valence-electron chi connectivity index (χ4n) is 0.900. The topological polar surface area (TPSA) is 20.2 Å². The number of aliphatic hydroxyl groups is 1. The van der Waals surface area contributed by atoms with Crippen LogP contribution >= 0.6 is 23.2 Å². The first kappa shape index (κ1) is 11.6. The molecule has 0 aliphatic heterocycles. The lowest BCUT2D eigenvalue weighted by atomic mass is 10.1. The minimum absolute atomic E-state index is 0.0905. The number of rotatable bonds is 1. The van der Waals surface area contributed by atoms with Crippen LogP contribution in [0.3, 0.4) is 0 Å². The molecule has 0 aromatic heterocycles. The van der Waals surface area contributed by atoms with E-state index in [1.807, 2.05) is 0 Å². The molecular formula is C8H5Cl2F3O. The zero-order valence-corrected chi connectivity index (χ0v) is 8.16. The van der Waals surface area contributed by atoms with Gasteiger partial charge in [-0.05, 0) is 18.2 Å². The van der Waals surface area contributed by atoms with Gasteiger partial charge in [0.2, 0.25) is 0 Å². The summed E-state index contributed by atoms with van der Waals surface area (Å²) < 4.78 is 36.3. The van der Waals surface area contributed by atoms with E-state index in [1.165, 1.54) is 12.1 Å². The van der Waals surface area contributed by atoms with E-state index in [4.69, 9.17) is 28.3 Å². The summed E-state index contributed by atoms with van der Waals surface area (Å²) in [6.07, 6.45) is -7.34. The van der Waals surface area contributed by atoms with E-state index >= 15 is 0 Å². The number of aliphatic hydroxyl groups excluding tert-OH is 1. The van der Waals surface area contributed by atoms with Gasteiger partial charge in [-0.25, -0.2) is 0 Å². The number of hydrogen-bond acceptors (Lipinski definition) is 1. The highest BCUT2D eigenvalue weighted by molar-refractivity contribution is 6.33. The summed E-state index contributed by atoms with van der Waals surface area (Å²) >= 11 is 11.0. The van der Waals surface area contributed by atoms with Crippen LogP contribution in [0.2, 0.25) is 10.0 Å². The summed E-state index contributed by atoms with van der Waals surface area (Å²) in [5, 5.41) is 8.82. The summed E-state index contributed by atoms with van der Waals surface area (Å²) in [7, 11) is 0. The lowest BCUT2D eigenvalue weighted by Crippen LogP contribution is -2.20. The average molecular weight is 245 g/mol. The second kappa shape index (κ2) is 3.96. The van der Waals surface area contributed by atoms with Gasteiger partial charge < -0.3 is 5.11 Å². The molecule has 1 rings (SSSR count). The third-order valence-electron chi connectivity index (χ3n) is 1.56. The summed E-state index contributed by atoms with van der Waals surface area (Å²) in [5.74, 6) is 0. The van der Waals surface area contributed by atoms with Gasteiger partial charge in [0.15, 0.2) is 6.10 Å². The van der Waals surface area contributed by atoms with Crippen LogP contribution in [-0.4, -0.2) is 11.3 Å². The van der Waals surface area contributed by atoms with Gasteiger partial charge in [-0.3, -0.25) is 0 Å². The Morgan fingerprint density at radius 1 is 1.21 bits per heavy atom. The van der Waals surface area contributed by atoms with E-state index in [-0.39, 0.29) is 10.0 Å². The molecule has 1 aromatic rings. The van der Waals surface area contributed by atoms with E-state index < -0.39 is 17.8 Å². The van der Waals surface area contributed by atoms with Gasteiger partial charge in [-0.1, -0.05) is 23.2 Å². The molecule has 0 aliphatic rings. The Balaban J connectivity index is 3.12. The van der Waals surface area contributed by atoms with Crippen LogP contribution < -0.4 is 0 Å². The standard InChI is InChI=1S/C8H5Cl2F3O/c9-4-1-2-6(10)5(3-4)7(14)8(11,12)13/h1-3,7,14H/t7-/m1/s1. The smallest absolute Gasteiger partial charge is 0.379 e. The van der Waals surface area contributed by atoms with Crippen LogP contribution in [0.5, 0.6) is 0 Å². The van der Waals surface area contributed by atoms with E-state index in [1.54, 1.807) is 0 Å². The maximum absolute atomic E-state index is 12.1. The zero-order valence-electron chi connectivity index (χ0n) is 6.65. The Hall–Kier alpha value is -0.450. The molecule has 6 heteroatoms. The van der Waals surface area contributed by atoms with Crippen molar-refractivity contribution in [3.05, 3.63) is 33.8 Å². The van der Waals surface area contributed by atoms with E-state index in [9.17, 15) is 13.2 Å². The summed E-state index contributed by atoms with van der Waals surface area (Å²) in [4.78, 5) is 0. The highest BCUT2D eigenvalue weighted by atomic mass is 35.5. The highest BCUT2D eigenvalue weighted by Gasteiger charge is 2.40. The number of alkyl halides is 3. The fraction of sp³-hybridized carbons (Fsp3) is 0.250. The molecule has 0 saturated heterocycles. The minimum atomic E-state index is -4.74. The monoisotopic (exact) mass is 244 g/mol. The van der Waals surface area contributed by atoms with Gasteiger partial charge in [0.05, 0.1) is 0 Å². The van der Waals surface area contributed by atoms with Crippen molar-refractivity contribution in [3.63, 3.8) is 0 Å². The van der Waals surface area contributed by atoms with Crippen molar-refractivity contribution in [2.45, 2.75) is 12.3 Å². The largest absolute Gasteiger partial charge is 0.418 e. The molecule has 0 bridgehead atoms. The van der Waals surface area contributed by atoms with E-state index in [0.29, 0.717) is 0 Å². The van der Waals surface area contributed by atoms with Crippen molar-refractivity contribution in [1.29, 1.82) is 0 Å². The Morgan fingerprint density at radius 2 is 1.79 bits per heavy atom. The van der Waals surface area contributed by atoms with Crippen molar-refractivity contribution in [2.24, 2.45) is 0 Å². The maximum Gasteiger partial charge on any atom is 0.418 e. The van der Waals surface area contributed by atoms with E-state index in [0.717, 1.165) is 6.07 Å². The molecule has 0 saturated carbocycles. The molecule has 1 atom stereocenters. The second-order valence-corrected chi connectivity index (χ2v) is 3.45. The molecule has 14 heavy (non-hydrogen) atoms. The summed E-state index contributed by atoms with van der Waals surface area (Å²) in [5.41, 5.74) is -0.438. The molecule has 0 radical (unpaired) electrons. The lowest BCUT2D eigenvalue weighted by molar-refractivity contribution is -0.206. The van der Waals surface area contributed by atoms with Crippen LogP contribution in [0.15, 0.2) is 18.2 Å². The van der Waals surface area contributed by atoms with Gasteiger partial charge >= 0.3 is 6.18 Å². The first-order chi connectivity index (χ1) is 6.32. The summed E-state index contributed by atoms with van der Waals surface area (Å²) in [6, 6.07) is 3.53. The molecule has 0 amide bonds. The molecule has 78 valence electrons. The van der Waals surface area contributed by atoms with Gasteiger partial charge in [0, 0.05) is 15.6 Å². The van der Waals surface area contributed by atoms with Gasteiger partial charge in [-0.2, -0.15) is 13.2 Å². The Morgan fingerprint density at radius 3 is 2.29 bits per heavy atom. The number of hydrogen-bond donors (Lipinski definition) is 1. The van der Waals surface area contributed by atoms with Crippen molar-refractivity contribution in [1.82, 2.24) is 0 Å². The minimum Gasteiger partial charge on any atom is -0.379 e. The third-order valence-corrected chi connectivity index (χ3v) is 2.14. The molecule has 0 fully saturated rings. The molecule has 1 N–H and O–H groups in total. The molecular weight excluding hydrogens is 240 g/mol. The van der Waals surface area contributed by atoms with Gasteiger partial charge in [0.1, 0.15) is 0 Å². The lowest BCUT2D eigenvalue weighted by Gasteiger charge is -2.16. The molecule has 0 spiro atoms. The van der Waals surface area contributed by atoms with Crippen LogP contribution in [-0.2, 0) is 0 Å². The van der Waals surface area contributed by atoms with Crippen molar-refractivity contribution in [3.8, 4) is 0 Å². The maximum atomic E-state index is 12.1.